The van der Waals surface area contributed by atoms with Crippen molar-refractivity contribution >= 4 is 16.9 Å². The molecule has 192 valence electrons. The summed E-state index contributed by atoms with van der Waals surface area (Å²) < 4.78 is 18.0. The van der Waals surface area contributed by atoms with Crippen molar-refractivity contribution < 1.29 is 29.0 Å². The largest absolute Gasteiger partial charge is 0.489 e. The zero-order chi connectivity index (χ0) is 24.2. The first kappa shape index (κ1) is 24.4. The Bertz CT molecular complexity index is 969. The standard InChI is InChI=1S/C27H38N2O6/c30-21-8-10-22(11-9-21)34-23-2-1-3-24-25(23)26(28-35-24)33-17-19-12-14-29(15-13-19)16-18-4-6-20(7-5-18)27(31)32/h1-3,18-22,30H,4-17H2,(H,31,32). The monoisotopic (exact) mass is 486 g/mol. The number of aromatic nitrogens is 1. The number of hydrogen-bond donors (Lipinski definition) is 2. The van der Waals surface area contributed by atoms with E-state index in [4.69, 9.17) is 14.0 Å². The van der Waals surface area contributed by atoms with Crippen LogP contribution in [0.2, 0.25) is 0 Å². The maximum Gasteiger partial charge on any atom is 0.306 e. The van der Waals surface area contributed by atoms with Gasteiger partial charge in [0, 0.05) is 6.54 Å². The molecule has 1 saturated heterocycles. The molecule has 2 saturated carbocycles. The van der Waals surface area contributed by atoms with Crippen LogP contribution in [0, 0.1) is 17.8 Å². The van der Waals surface area contributed by atoms with E-state index >= 15 is 0 Å². The summed E-state index contributed by atoms with van der Waals surface area (Å²) >= 11 is 0. The number of ether oxygens (including phenoxy) is 2. The molecule has 0 amide bonds. The van der Waals surface area contributed by atoms with Gasteiger partial charge in [-0.15, -0.1) is 0 Å². The van der Waals surface area contributed by atoms with Gasteiger partial charge in [-0.2, -0.15) is 0 Å². The summed E-state index contributed by atoms with van der Waals surface area (Å²) in [4.78, 5) is 13.7. The first-order valence-corrected chi connectivity index (χ1v) is 13.4. The van der Waals surface area contributed by atoms with Crippen molar-refractivity contribution in [1.29, 1.82) is 0 Å². The van der Waals surface area contributed by atoms with Crippen LogP contribution in [0.3, 0.4) is 0 Å². The van der Waals surface area contributed by atoms with Gasteiger partial charge in [0.1, 0.15) is 11.1 Å². The summed E-state index contributed by atoms with van der Waals surface area (Å²) in [5, 5.41) is 24.0. The Labute approximate surface area is 206 Å². The van der Waals surface area contributed by atoms with Gasteiger partial charge in [0.2, 0.25) is 0 Å². The van der Waals surface area contributed by atoms with E-state index in [0.717, 1.165) is 95.0 Å². The molecule has 0 spiro atoms. The third-order valence-electron chi connectivity index (χ3n) is 8.24. The van der Waals surface area contributed by atoms with E-state index in [9.17, 15) is 15.0 Å². The second-order valence-electron chi connectivity index (χ2n) is 10.8. The van der Waals surface area contributed by atoms with Crippen molar-refractivity contribution in [3.63, 3.8) is 0 Å². The molecule has 0 atom stereocenters. The minimum absolute atomic E-state index is 0.0928. The molecule has 1 aliphatic heterocycles. The van der Waals surface area contributed by atoms with E-state index in [0.29, 0.717) is 29.9 Å². The van der Waals surface area contributed by atoms with Gasteiger partial charge in [-0.1, -0.05) is 6.07 Å². The lowest BCUT2D eigenvalue weighted by atomic mass is 9.81. The van der Waals surface area contributed by atoms with Crippen LogP contribution in [-0.2, 0) is 4.79 Å². The van der Waals surface area contributed by atoms with Gasteiger partial charge in [0.25, 0.3) is 5.88 Å². The summed E-state index contributed by atoms with van der Waals surface area (Å²) in [6, 6.07) is 5.74. The third kappa shape index (κ3) is 6.09. The Morgan fingerprint density at radius 2 is 1.74 bits per heavy atom. The van der Waals surface area contributed by atoms with Gasteiger partial charge >= 0.3 is 5.97 Å². The number of nitrogens with zero attached hydrogens (tertiary/aromatic N) is 2. The molecule has 35 heavy (non-hydrogen) atoms. The zero-order valence-corrected chi connectivity index (χ0v) is 20.4. The van der Waals surface area contributed by atoms with Crippen LogP contribution in [0.25, 0.3) is 11.0 Å². The Kier molecular flexibility index (Phi) is 7.78. The van der Waals surface area contributed by atoms with E-state index < -0.39 is 5.97 Å². The topological polar surface area (TPSA) is 105 Å². The van der Waals surface area contributed by atoms with Crippen LogP contribution in [-0.4, -0.2) is 64.7 Å². The maximum atomic E-state index is 11.2. The third-order valence-corrected chi connectivity index (χ3v) is 8.24. The number of aliphatic carboxylic acids is 1. The number of carboxylic acid groups (broad SMARTS) is 1. The van der Waals surface area contributed by atoms with Gasteiger partial charge in [0.15, 0.2) is 5.58 Å². The molecule has 2 heterocycles. The summed E-state index contributed by atoms with van der Waals surface area (Å²) in [6.45, 7) is 3.83. The van der Waals surface area contributed by atoms with Crippen molar-refractivity contribution in [1.82, 2.24) is 10.1 Å². The van der Waals surface area contributed by atoms with E-state index in [1.165, 1.54) is 0 Å². The van der Waals surface area contributed by atoms with E-state index in [-0.39, 0.29) is 18.1 Å². The predicted molar refractivity (Wildman–Crippen MR) is 131 cm³/mol. The number of benzene rings is 1. The second kappa shape index (κ2) is 11.2. The van der Waals surface area contributed by atoms with Crippen LogP contribution in [0.15, 0.2) is 22.7 Å². The molecule has 5 rings (SSSR count). The molecule has 2 N–H and O–H groups in total. The van der Waals surface area contributed by atoms with Gasteiger partial charge in [0.05, 0.1) is 24.7 Å². The minimum atomic E-state index is -0.628. The predicted octanol–water partition coefficient (Wildman–Crippen LogP) is 4.49. The molecule has 8 nitrogen and oxygen atoms in total. The number of carbonyl (C=O) groups is 1. The van der Waals surface area contributed by atoms with Crippen molar-refractivity contribution in [2.24, 2.45) is 17.8 Å². The highest BCUT2D eigenvalue weighted by molar-refractivity contribution is 5.88. The SMILES string of the molecule is O=C(O)C1CCC(CN2CCC(COc3noc4cccc(OC5CCC(O)CC5)c34)CC2)CC1. The summed E-state index contributed by atoms with van der Waals surface area (Å²) in [5.41, 5.74) is 0.667. The highest BCUT2D eigenvalue weighted by atomic mass is 16.5. The van der Waals surface area contributed by atoms with E-state index in [1.54, 1.807) is 0 Å². The molecule has 0 unspecified atom stereocenters. The van der Waals surface area contributed by atoms with Crippen LogP contribution in [0.5, 0.6) is 11.6 Å². The number of likely N-dealkylation sites (tertiary alicyclic amines) is 1. The fourth-order valence-electron chi connectivity index (χ4n) is 5.96. The molecular weight excluding hydrogens is 448 g/mol. The smallest absolute Gasteiger partial charge is 0.306 e. The van der Waals surface area contributed by atoms with Crippen molar-refractivity contribution in [2.75, 3.05) is 26.2 Å². The number of fused-ring (bicyclic) bond motifs is 1. The Morgan fingerprint density at radius 1 is 1.00 bits per heavy atom. The molecule has 3 aliphatic rings. The van der Waals surface area contributed by atoms with Crippen LogP contribution in [0.1, 0.15) is 64.2 Å². The number of carboxylic acids is 1. The Morgan fingerprint density at radius 3 is 2.46 bits per heavy atom. The Balaban J connectivity index is 1.10. The molecule has 0 radical (unpaired) electrons. The summed E-state index contributed by atoms with van der Waals surface area (Å²) in [7, 11) is 0. The fraction of sp³-hybridized carbons (Fsp3) is 0.704. The molecule has 0 bridgehead atoms. The van der Waals surface area contributed by atoms with Crippen molar-refractivity contribution in [3.8, 4) is 11.6 Å². The number of aliphatic hydroxyl groups is 1. The van der Waals surface area contributed by atoms with E-state index in [1.807, 2.05) is 18.2 Å². The molecular formula is C27H38N2O6. The van der Waals surface area contributed by atoms with Gasteiger partial charge in [-0.25, -0.2) is 0 Å². The van der Waals surface area contributed by atoms with Crippen molar-refractivity contribution in [3.05, 3.63) is 18.2 Å². The first-order chi connectivity index (χ1) is 17.0. The number of hydrogen-bond acceptors (Lipinski definition) is 7. The quantitative estimate of drug-likeness (QED) is 0.562. The zero-order valence-electron chi connectivity index (χ0n) is 20.4. The molecule has 1 aromatic carbocycles. The molecule has 3 fully saturated rings. The lowest BCUT2D eigenvalue weighted by Crippen LogP contribution is -2.39. The second-order valence-corrected chi connectivity index (χ2v) is 10.8. The normalized spacial score (nSPS) is 28.7. The molecule has 1 aromatic heterocycles. The molecule has 2 aromatic rings. The minimum Gasteiger partial charge on any atom is -0.489 e. The summed E-state index contributed by atoms with van der Waals surface area (Å²) in [6.07, 6.45) is 9.02. The van der Waals surface area contributed by atoms with Crippen LogP contribution < -0.4 is 9.47 Å². The van der Waals surface area contributed by atoms with Gasteiger partial charge in [-0.3, -0.25) is 4.79 Å². The average molecular weight is 487 g/mol. The average Bonchev–Trinajstić information content (AvgIpc) is 3.29. The highest BCUT2D eigenvalue weighted by Crippen LogP contribution is 2.36. The summed E-state index contributed by atoms with van der Waals surface area (Å²) in [5.74, 6) is 1.59. The van der Waals surface area contributed by atoms with Gasteiger partial charge in [-0.05, 0) is 106 Å². The van der Waals surface area contributed by atoms with Gasteiger partial charge < -0.3 is 29.1 Å². The van der Waals surface area contributed by atoms with Crippen molar-refractivity contribution in [2.45, 2.75) is 76.4 Å². The van der Waals surface area contributed by atoms with E-state index in [2.05, 4.69) is 10.1 Å². The van der Waals surface area contributed by atoms with Crippen LogP contribution >= 0.6 is 0 Å². The lowest BCUT2D eigenvalue weighted by Gasteiger charge is -2.36. The lowest BCUT2D eigenvalue weighted by molar-refractivity contribution is -0.143. The fourth-order valence-corrected chi connectivity index (χ4v) is 5.96. The molecule has 8 heteroatoms. The van der Waals surface area contributed by atoms with Crippen LogP contribution in [0.4, 0.5) is 0 Å². The highest BCUT2D eigenvalue weighted by Gasteiger charge is 2.29. The maximum absolute atomic E-state index is 11.2. The number of aliphatic hydroxyl groups excluding tert-OH is 1. The number of rotatable bonds is 8. The first-order valence-electron chi connectivity index (χ1n) is 13.4. The molecule has 2 aliphatic carbocycles. The Hall–Kier alpha value is -2.32. The number of piperidine rings is 1.